The predicted molar refractivity (Wildman–Crippen MR) is 71.8 cm³/mol. The van der Waals surface area contributed by atoms with Gasteiger partial charge in [0.1, 0.15) is 0 Å². The molecule has 2 rings (SSSR count). The maximum Gasteiger partial charge on any atom is 0.454 e. The quantitative estimate of drug-likeness (QED) is 0.581. The van der Waals surface area contributed by atoms with E-state index in [2.05, 4.69) is 6.92 Å². The van der Waals surface area contributed by atoms with Crippen LogP contribution >= 0.6 is 0 Å². The molecule has 0 aliphatic rings. The number of hydrogen-bond donors (Lipinski definition) is 0. The van der Waals surface area contributed by atoms with Crippen LogP contribution in [-0.2, 0) is 6.54 Å². The number of Topliss-reactive ketones (excluding diaryl/α,β-unsaturated/α-hetero) is 1. The van der Waals surface area contributed by atoms with Crippen molar-refractivity contribution in [3.8, 4) is 0 Å². The highest BCUT2D eigenvalue weighted by atomic mass is 19.4. The molecule has 0 aliphatic carbocycles. The molecule has 0 amide bonds. The van der Waals surface area contributed by atoms with E-state index in [1.54, 1.807) is 28.8 Å². The summed E-state index contributed by atoms with van der Waals surface area (Å²) >= 11 is 0. The number of benzene rings is 1. The summed E-state index contributed by atoms with van der Waals surface area (Å²) in [6.07, 6.45) is -0.577. The van der Waals surface area contributed by atoms with Crippen molar-refractivity contribution in [3.05, 3.63) is 36.0 Å². The molecular formula is C15H16F3NO. The zero-order chi connectivity index (χ0) is 14.8. The van der Waals surface area contributed by atoms with Gasteiger partial charge in [-0.3, -0.25) is 4.79 Å². The van der Waals surface area contributed by atoms with Crippen molar-refractivity contribution in [2.24, 2.45) is 0 Å². The van der Waals surface area contributed by atoms with Gasteiger partial charge in [-0.05, 0) is 12.5 Å². The molecule has 1 aromatic heterocycles. The molecule has 0 radical (unpaired) electrons. The Labute approximate surface area is 115 Å². The fraction of sp³-hybridized carbons (Fsp3) is 0.400. The molecule has 0 spiro atoms. The maximum atomic E-state index is 12.6. The molecule has 0 fully saturated rings. The second-order valence-electron chi connectivity index (χ2n) is 4.79. The highest BCUT2D eigenvalue weighted by Crippen LogP contribution is 2.28. The molecule has 20 heavy (non-hydrogen) atoms. The third-order valence-electron chi connectivity index (χ3n) is 3.29. The first-order valence-corrected chi connectivity index (χ1v) is 6.64. The number of alkyl halides is 3. The number of fused-ring (bicyclic) bond motifs is 1. The van der Waals surface area contributed by atoms with E-state index in [0.29, 0.717) is 17.4 Å². The molecule has 108 valence electrons. The van der Waals surface area contributed by atoms with Gasteiger partial charge in [-0.2, -0.15) is 13.2 Å². The molecule has 0 N–H and O–H groups in total. The summed E-state index contributed by atoms with van der Waals surface area (Å²) in [6.45, 7) is 2.69. The third kappa shape index (κ3) is 2.86. The normalized spacial score (nSPS) is 12.0. The summed E-state index contributed by atoms with van der Waals surface area (Å²) < 4.78 is 39.6. The van der Waals surface area contributed by atoms with Gasteiger partial charge in [0.25, 0.3) is 5.78 Å². The van der Waals surface area contributed by atoms with Gasteiger partial charge in [-0.25, -0.2) is 0 Å². The van der Waals surface area contributed by atoms with Gasteiger partial charge in [0.15, 0.2) is 0 Å². The van der Waals surface area contributed by atoms with Gasteiger partial charge < -0.3 is 4.57 Å². The summed E-state index contributed by atoms with van der Waals surface area (Å²) in [5, 5.41) is 0.367. The lowest BCUT2D eigenvalue weighted by molar-refractivity contribution is -0.0884. The summed E-state index contributed by atoms with van der Waals surface area (Å²) in [7, 11) is 0. The Kier molecular flexibility index (Phi) is 4.16. The summed E-state index contributed by atoms with van der Waals surface area (Å²) in [5.41, 5.74) is 0.417. The van der Waals surface area contributed by atoms with E-state index >= 15 is 0 Å². The standard InChI is InChI=1S/C15H16F3NO/c1-2-3-6-9-19-10-12(14(20)15(16,17)18)11-7-4-5-8-13(11)19/h4-5,7-8,10H,2-3,6,9H2,1H3. The number of nitrogens with zero attached hydrogens (tertiary/aromatic N) is 1. The van der Waals surface area contributed by atoms with Crippen LogP contribution in [-0.4, -0.2) is 16.5 Å². The van der Waals surface area contributed by atoms with Crippen molar-refractivity contribution in [2.75, 3.05) is 0 Å². The number of rotatable bonds is 5. The second kappa shape index (κ2) is 5.69. The van der Waals surface area contributed by atoms with E-state index in [4.69, 9.17) is 0 Å². The van der Waals surface area contributed by atoms with E-state index in [1.807, 2.05) is 0 Å². The van der Waals surface area contributed by atoms with Crippen molar-refractivity contribution in [2.45, 2.75) is 38.9 Å². The average Bonchev–Trinajstić information content (AvgIpc) is 2.76. The van der Waals surface area contributed by atoms with Crippen molar-refractivity contribution in [1.29, 1.82) is 0 Å². The van der Waals surface area contributed by atoms with Crippen molar-refractivity contribution in [3.63, 3.8) is 0 Å². The number of halogens is 3. The van der Waals surface area contributed by atoms with Crippen LogP contribution in [0.4, 0.5) is 13.2 Å². The molecule has 0 aliphatic heterocycles. The molecule has 1 heterocycles. The fourth-order valence-electron chi connectivity index (χ4n) is 2.30. The molecule has 0 saturated carbocycles. The van der Waals surface area contributed by atoms with Crippen molar-refractivity contribution in [1.82, 2.24) is 4.57 Å². The Morgan fingerprint density at radius 2 is 1.90 bits per heavy atom. The average molecular weight is 283 g/mol. The number of aromatic nitrogens is 1. The van der Waals surface area contributed by atoms with E-state index < -0.39 is 12.0 Å². The van der Waals surface area contributed by atoms with Crippen LogP contribution in [0.5, 0.6) is 0 Å². The Morgan fingerprint density at radius 1 is 1.20 bits per heavy atom. The van der Waals surface area contributed by atoms with Crippen LogP contribution < -0.4 is 0 Å². The minimum atomic E-state index is -4.83. The number of unbranched alkanes of at least 4 members (excludes halogenated alkanes) is 2. The van der Waals surface area contributed by atoms with E-state index in [9.17, 15) is 18.0 Å². The fourth-order valence-corrected chi connectivity index (χ4v) is 2.30. The molecule has 0 saturated heterocycles. The van der Waals surface area contributed by atoms with Gasteiger partial charge in [0.2, 0.25) is 0 Å². The van der Waals surface area contributed by atoms with Crippen molar-refractivity contribution >= 4 is 16.7 Å². The molecule has 0 atom stereocenters. The minimum absolute atomic E-state index is 0.260. The monoisotopic (exact) mass is 283 g/mol. The predicted octanol–water partition coefficient (Wildman–Crippen LogP) is 4.58. The first-order chi connectivity index (χ1) is 9.45. The molecule has 2 aromatic rings. The van der Waals surface area contributed by atoms with Gasteiger partial charge in [0.05, 0.1) is 5.56 Å². The van der Waals surface area contributed by atoms with Crippen LogP contribution in [0.3, 0.4) is 0 Å². The topological polar surface area (TPSA) is 22.0 Å². The van der Waals surface area contributed by atoms with E-state index in [0.717, 1.165) is 19.3 Å². The number of hydrogen-bond acceptors (Lipinski definition) is 1. The first kappa shape index (κ1) is 14.6. The highest BCUT2D eigenvalue weighted by Gasteiger charge is 2.40. The zero-order valence-corrected chi connectivity index (χ0v) is 11.2. The summed E-state index contributed by atoms with van der Waals surface area (Å²) in [6, 6.07) is 6.71. The lowest BCUT2D eigenvalue weighted by Gasteiger charge is -2.04. The smallest absolute Gasteiger partial charge is 0.347 e. The van der Waals surface area contributed by atoms with Gasteiger partial charge in [-0.1, -0.05) is 38.0 Å². The Morgan fingerprint density at radius 3 is 2.55 bits per heavy atom. The van der Waals surface area contributed by atoms with Crippen LogP contribution in [0.15, 0.2) is 30.5 Å². The molecule has 0 unspecified atom stereocenters. The number of para-hydroxylation sites is 1. The summed E-state index contributed by atoms with van der Waals surface area (Å²) in [4.78, 5) is 11.5. The third-order valence-corrected chi connectivity index (χ3v) is 3.29. The van der Waals surface area contributed by atoms with Gasteiger partial charge >= 0.3 is 6.18 Å². The van der Waals surface area contributed by atoms with E-state index in [-0.39, 0.29) is 5.56 Å². The van der Waals surface area contributed by atoms with Gasteiger partial charge in [0, 0.05) is 23.6 Å². The maximum absolute atomic E-state index is 12.6. The van der Waals surface area contributed by atoms with Crippen LogP contribution in [0.25, 0.3) is 10.9 Å². The molecular weight excluding hydrogens is 267 g/mol. The Hall–Kier alpha value is -1.78. The second-order valence-corrected chi connectivity index (χ2v) is 4.79. The minimum Gasteiger partial charge on any atom is -0.347 e. The number of aryl methyl sites for hydroxylation is 1. The molecule has 5 heteroatoms. The number of ketones is 1. The Bertz CT molecular complexity index is 613. The molecule has 0 bridgehead atoms. The zero-order valence-electron chi connectivity index (χ0n) is 11.2. The highest BCUT2D eigenvalue weighted by molar-refractivity contribution is 6.10. The van der Waals surface area contributed by atoms with Crippen LogP contribution in [0.1, 0.15) is 36.5 Å². The lowest BCUT2D eigenvalue weighted by atomic mass is 10.1. The molecule has 1 aromatic carbocycles. The molecule has 2 nitrogen and oxygen atoms in total. The van der Waals surface area contributed by atoms with Gasteiger partial charge in [-0.15, -0.1) is 0 Å². The number of carbonyl (C=O) groups excluding carboxylic acids is 1. The number of carbonyl (C=O) groups is 1. The van der Waals surface area contributed by atoms with Crippen LogP contribution in [0.2, 0.25) is 0 Å². The SMILES string of the molecule is CCCCCn1cc(C(=O)C(F)(F)F)c2ccccc21. The lowest BCUT2D eigenvalue weighted by Crippen LogP contribution is -2.22. The Balaban J connectivity index is 2.43. The van der Waals surface area contributed by atoms with E-state index in [1.165, 1.54) is 6.20 Å². The first-order valence-electron chi connectivity index (χ1n) is 6.64. The van der Waals surface area contributed by atoms with Crippen molar-refractivity contribution < 1.29 is 18.0 Å². The van der Waals surface area contributed by atoms with Crippen LogP contribution in [0, 0.1) is 0 Å². The largest absolute Gasteiger partial charge is 0.454 e. The summed E-state index contributed by atoms with van der Waals surface area (Å²) in [5.74, 6) is -1.78.